The Hall–Kier alpha value is -3.24. The molecule has 0 amide bonds. The highest BCUT2D eigenvalue weighted by Crippen LogP contribution is 2.42. The van der Waals surface area contributed by atoms with Crippen LogP contribution in [0.4, 0.5) is 0 Å². The molecule has 0 bridgehead atoms. The van der Waals surface area contributed by atoms with Gasteiger partial charge in [0.2, 0.25) is 0 Å². The second kappa shape index (κ2) is 11.9. The minimum absolute atomic E-state index is 0.220. The molecule has 0 saturated carbocycles. The van der Waals surface area contributed by atoms with Gasteiger partial charge in [0.05, 0.1) is 32.9 Å². The number of aromatic amines is 2. The third-order valence-electron chi connectivity index (χ3n) is 6.64. The van der Waals surface area contributed by atoms with Crippen LogP contribution in [0.25, 0.3) is 11.4 Å². The Morgan fingerprint density at radius 1 is 0.878 bits per heavy atom. The molecule has 5 aromatic rings. The standard InChI is InChI=1S/C30H24Br2Cl2N4O3/c1-4-11-41-28-23(12-18(31)13-24(28)32)27(25-16(2)35-37(29(25)39)21-9-5-7-19(33)14-21)26-17(3)36-38(30(26)40)22-10-6-8-20(34)15-22/h4-10,12-15,27,35-36H,1,11H2,2-3H3. The molecule has 3 aromatic carbocycles. The van der Waals surface area contributed by atoms with Gasteiger partial charge in [-0.15, -0.1) is 0 Å². The van der Waals surface area contributed by atoms with E-state index in [1.165, 1.54) is 9.36 Å². The summed E-state index contributed by atoms with van der Waals surface area (Å²) >= 11 is 19.7. The van der Waals surface area contributed by atoms with Crippen LogP contribution >= 0.6 is 55.1 Å². The molecule has 0 radical (unpaired) electrons. The number of hydrogen-bond acceptors (Lipinski definition) is 3. The largest absolute Gasteiger partial charge is 0.488 e. The first-order valence-corrected chi connectivity index (χ1v) is 14.8. The van der Waals surface area contributed by atoms with E-state index in [9.17, 15) is 9.59 Å². The van der Waals surface area contributed by atoms with Crippen LogP contribution in [0.15, 0.2) is 91.9 Å². The number of benzene rings is 3. The van der Waals surface area contributed by atoms with E-state index in [1.807, 2.05) is 12.1 Å². The Morgan fingerprint density at radius 2 is 1.39 bits per heavy atom. The quantitative estimate of drug-likeness (QED) is 0.161. The lowest BCUT2D eigenvalue weighted by Crippen LogP contribution is -2.26. The molecule has 0 spiro atoms. The van der Waals surface area contributed by atoms with E-state index >= 15 is 0 Å². The summed E-state index contributed by atoms with van der Waals surface area (Å²) in [4.78, 5) is 28.4. The summed E-state index contributed by atoms with van der Waals surface area (Å²) in [6, 6.07) is 17.7. The number of hydrogen-bond donors (Lipinski definition) is 2. The smallest absolute Gasteiger partial charge is 0.275 e. The van der Waals surface area contributed by atoms with E-state index in [1.54, 1.807) is 68.5 Å². The summed E-state index contributed by atoms with van der Waals surface area (Å²) in [6.07, 6.45) is 1.63. The van der Waals surface area contributed by atoms with Gasteiger partial charge in [-0.25, -0.2) is 9.36 Å². The van der Waals surface area contributed by atoms with Gasteiger partial charge in [0, 0.05) is 31.5 Å². The van der Waals surface area contributed by atoms with Crippen LogP contribution < -0.4 is 15.9 Å². The first kappa shape index (κ1) is 29.3. The summed E-state index contributed by atoms with van der Waals surface area (Å²) in [5, 5.41) is 7.34. The predicted molar refractivity (Wildman–Crippen MR) is 171 cm³/mol. The van der Waals surface area contributed by atoms with Crippen LogP contribution in [0, 0.1) is 13.8 Å². The van der Waals surface area contributed by atoms with Crippen molar-refractivity contribution in [1.29, 1.82) is 0 Å². The second-order valence-corrected chi connectivity index (χ2v) is 12.0. The van der Waals surface area contributed by atoms with E-state index in [4.69, 9.17) is 27.9 Å². The van der Waals surface area contributed by atoms with Crippen LogP contribution in [-0.2, 0) is 0 Å². The zero-order valence-electron chi connectivity index (χ0n) is 22.0. The fraction of sp³-hybridized carbons (Fsp3) is 0.133. The monoisotopic (exact) mass is 716 g/mol. The third kappa shape index (κ3) is 5.64. The van der Waals surface area contributed by atoms with Crippen LogP contribution in [0.2, 0.25) is 10.0 Å². The molecular weight excluding hydrogens is 695 g/mol. The maximum atomic E-state index is 14.2. The highest BCUT2D eigenvalue weighted by molar-refractivity contribution is 9.11. The molecule has 2 N–H and O–H groups in total. The highest BCUT2D eigenvalue weighted by atomic mass is 79.9. The van der Waals surface area contributed by atoms with Gasteiger partial charge in [-0.3, -0.25) is 19.8 Å². The van der Waals surface area contributed by atoms with E-state index < -0.39 is 5.92 Å². The fourth-order valence-electron chi connectivity index (χ4n) is 4.94. The van der Waals surface area contributed by atoms with Crippen molar-refractivity contribution in [2.24, 2.45) is 0 Å². The van der Waals surface area contributed by atoms with E-state index in [2.05, 4.69) is 48.6 Å². The van der Waals surface area contributed by atoms with Crippen molar-refractivity contribution in [1.82, 2.24) is 19.6 Å². The van der Waals surface area contributed by atoms with Gasteiger partial charge in [0.25, 0.3) is 11.1 Å². The Labute approximate surface area is 262 Å². The lowest BCUT2D eigenvalue weighted by molar-refractivity contribution is 0.356. The molecule has 0 atom stereocenters. The Morgan fingerprint density at radius 3 is 1.85 bits per heavy atom. The molecule has 0 aliphatic rings. The number of nitrogens with one attached hydrogen (secondary N) is 2. The zero-order chi connectivity index (χ0) is 29.4. The fourth-order valence-corrected chi connectivity index (χ4v) is 6.68. The normalized spacial score (nSPS) is 11.3. The van der Waals surface area contributed by atoms with Crippen molar-refractivity contribution < 1.29 is 4.74 Å². The summed E-state index contributed by atoms with van der Waals surface area (Å²) in [6.45, 7) is 7.60. The Kier molecular flexibility index (Phi) is 8.52. The van der Waals surface area contributed by atoms with Crippen molar-refractivity contribution in [3.8, 4) is 17.1 Å². The van der Waals surface area contributed by atoms with Gasteiger partial charge in [0.1, 0.15) is 12.4 Å². The number of aromatic nitrogens is 4. The molecule has 0 fully saturated rings. The SMILES string of the molecule is C=CCOc1c(Br)cc(Br)cc1C(c1c(C)[nH]n(-c2cccc(Cl)c2)c1=O)c1c(C)[nH]n(-c2cccc(Cl)c2)c1=O. The molecule has 5 rings (SSSR count). The molecule has 0 aliphatic heterocycles. The molecule has 2 aromatic heterocycles. The molecule has 0 unspecified atom stereocenters. The number of aryl methyl sites for hydroxylation is 2. The van der Waals surface area contributed by atoms with Crippen molar-refractivity contribution >= 4 is 55.1 Å². The summed E-state index contributed by atoms with van der Waals surface area (Å²) in [5.74, 6) is -0.335. The molecule has 0 saturated heterocycles. The van der Waals surface area contributed by atoms with Crippen molar-refractivity contribution in [2.75, 3.05) is 6.61 Å². The third-order valence-corrected chi connectivity index (χ3v) is 8.15. The van der Waals surface area contributed by atoms with Crippen LogP contribution in [0.1, 0.15) is 34.0 Å². The molecule has 2 heterocycles. The topological polar surface area (TPSA) is 84.8 Å². The van der Waals surface area contributed by atoms with E-state index in [0.717, 1.165) is 4.47 Å². The maximum Gasteiger partial charge on any atom is 0.275 e. The molecule has 7 nitrogen and oxygen atoms in total. The lowest BCUT2D eigenvalue weighted by Gasteiger charge is -2.21. The first-order valence-electron chi connectivity index (χ1n) is 12.5. The number of halogens is 4. The van der Waals surface area contributed by atoms with Crippen LogP contribution in [0.3, 0.4) is 0 Å². The number of nitrogens with zero attached hydrogens (tertiary/aromatic N) is 2. The molecular formula is C30H24Br2Cl2N4O3. The summed E-state index contributed by atoms with van der Waals surface area (Å²) in [5.41, 5.74) is 3.03. The lowest BCUT2D eigenvalue weighted by atomic mass is 9.84. The molecule has 0 aliphatic carbocycles. The molecule has 210 valence electrons. The zero-order valence-corrected chi connectivity index (χ0v) is 26.7. The number of H-pyrrole nitrogens is 2. The van der Waals surface area contributed by atoms with E-state index in [0.29, 0.717) is 59.7 Å². The van der Waals surface area contributed by atoms with Crippen molar-refractivity contribution in [2.45, 2.75) is 19.8 Å². The highest BCUT2D eigenvalue weighted by Gasteiger charge is 2.34. The van der Waals surface area contributed by atoms with E-state index in [-0.39, 0.29) is 17.7 Å². The Balaban J connectivity index is 1.84. The average molecular weight is 719 g/mol. The summed E-state index contributed by atoms with van der Waals surface area (Å²) in [7, 11) is 0. The first-order chi connectivity index (χ1) is 19.6. The van der Waals surface area contributed by atoms with Gasteiger partial charge in [-0.2, -0.15) is 0 Å². The molecule has 11 heteroatoms. The summed E-state index contributed by atoms with van der Waals surface area (Å²) < 4.78 is 10.4. The van der Waals surface area contributed by atoms with Gasteiger partial charge in [-0.1, -0.05) is 63.9 Å². The van der Waals surface area contributed by atoms with Crippen molar-refractivity contribution in [3.63, 3.8) is 0 Å². The average Bonchev–Trinajstić information content (AvgIpc) is 3.38. The maximum absolute atomic E-state index is 14.2. The number of rotatable bonds is 8. The minimum Gasteiger partial charge on any atom is -0.488 e. The Bertz CT molecular complexity index is 1800. The van der Waals surface area contributed by atoms with Crippen molar-refractivity contribution in [3.05, 3.63) is 141 Å². The van der Waals surface area contributed by atoms with Gasteiger partial charge < -0.3 is 4.74 Å². The van der Waals surface area contributed by atoms with Crippen LogP contribution in [0.5, 0.6) is 5.75 Å². The van der Waals surface area contributed by atoms with Gasteiger partial charge in [0.15, 0.2) is 0 Å². The minimum atomic E-state index is -0.822. The van der Waals surface area contributed by atoms with Gasteiger partial charge >= 0.3 is 0 Å². The second-order valence-electron chi connectivity index (χ2n) is 9.38. The molecule has 41 heavy (non-hydrogen) atoms. The number of ether oxygens (including phenoxy) is 1. The van der Waals surface area contributed by atoms with Gasteiger partial charge in [-0.05, 0) is 78.3 Å². The predicted octanol–water partition coefficient (Wildman–Crippen LogP) is 7.84. The van der Waals surface area contributed by atoms with Crippen LogP contribution in [-0.4, -0.2) is 26.2 Å².